The first-order chi connectivity index (χ1) is 10.0. The maximum atomic E-state index is 11.3. The largest absolute Gasteiger partial charge is 0.497 e. The Hall–Kier alpha value is -2.01. The number of aryl methyl sites for hydroxylation is 1. The number of rotatable bonds is 5. The van der Waals surface area contributed by atoms with E-state index in [1.54, 1.807) is 13.2 Å². The molecular formula is C16H15BrO4. The smallest absolute Gasteiger partial charge is 0.339 e. The van der Waals surface area contributed by atoms with E-state index in [4.69, 9.17) is 9.47 Å². The summed E-state index contributed by atoms with van der Waals surface area (Å²) in [6, 6.07) is 10.8. The van der Waals surface area contributed by atoms with Gasteiger partial charge in [-0.25, -0.2) is 4.79 Å². The van der Waals surface area contributed by atoms with Crippen LogP contribution in [0.15, 0.2) is 40.9 Å². The molecule has 0 atom stereocenters. The minimum absolute atomic E-state index is 0.149. The molecule has 1 N–H and O–H groups in total. The Labute approximate surface area is 131 Å². The number of carboxylic acids is 1. The van der Waals surface area contributed by atoms with Crippen LogP contribution in [0.5, 0.6) is 11.5 Å². The summed E-state index contributed by atoms with van der Waals surface area (Å²) in [5.41, 5.74) is 1.86. The molecule has 0 aromatic heterocycles. The van der Waals surface area contributed by atoms with E-state index in [-0.39, 0.29) is 5.56 Å². The second-order valence-corrected chi connectivity index (χ2v) is 5.46. The Morgan fingerprint density at radius 3 is 2.48 bits per heavy atom. The lowest BCUT2D eigenvalue weighted by Crippen LogP contribution is -2.05. The summed E-state index contributed by atoms with van der Waals surface area (Å²) in [7, 11) is 1.61. The van der Waals surface area contributed by atoms with Crippen molar-refractivity contribution in [3.8, 4) is 11.5 Å². The Kier molecular flexibility index (Phi) is 4.85. The molecule has 2 aromatic rings. The molecular weight excluding hydrogens is 336 g/mol. The van der Waals surface area contributed by atoms with E-state index in [0.717, 1.165) is 16.9 Å². The molecule has 2 rings (SSSR count). The van der Waals surface area contributed by atoms with Gasteiger partial charge in [-0.3, -0.25) is 0 Å². The van der Waals surface area contributed by atoms with Crippen molar-refractivity contribution in [2.45, 2.75) is 13.5 Å². The van der Waals surface area contributed by atoms with E-state index in [2.05, 4.69) is 15.9 Å². The summed E-state index contributed by atoms with van der Waals surface area (Å²) in [5, 5.41) is 9.26. The molecule has 0 heterocycles. The number of halogens is 1. The van der Waals surface area contributed by atoms with Gasteiger partial charge in [-0.1, -0.05) is 28.1 Å². The van der Waals surface area contributed by atoms with Gasteiger partial charge in [0.05, 0.1) is 7.11 Å². The highest BCUT2D eigenvalue weighted by Gasteiger charge is 2.15. The average molecular weight is 351 g/mol. The third-order valence-corrected chi connectivity index (χ3v) is 3.47. The molecule has 0 spiro atoms. The van der Waals surface area contributed by atoms with Crippen molar-refractivity contribution in [1.29, 1.82) is 0 Å². The Balaban J connectivity index is 2.20. The topological polar surface area (TPSA) is 55.8 Å². The van der Waals surface area contributed by atoms with E-state index >= 15 is 0 Å². The molecule has 0 bridgehead atoms. The van der Waals surface area contributed by atoms with E-state index < -0.39 is 5.97 Å². The van der Waals surface area contributed by atoms with Crippen LogP contribution in [0.1, 0.15) is 21.5 Å². The van der Waals surface area contributed by atoms with Crippen LogP contribution >= 0.6 is 15.9 Å². The van der Waals surface area contributed by atoms with Gasteiger partial charge in [-0.05, 0) is 42.3 Å². The minimum Gasteiger partial charge on any atom is -0.497 e. The fraction of sp³-hybridized carbons (Fsp3) is 0.188. The highest BCUT2D eigenvalue weighted by atomic mass is 79.9. The summed E-state index contributed by atoms with van der Waals surface area (Å²) in [6.45, 7) is 2.12. The molecule has 0 fully saturated rings. The van der Waals surface area contributed by atoms with Crippen molar-refractivity contribution in [3.05, 3.63) is 57.6 Å². The van der Waals surface area contributed by atoms with Crippen LogP contribution in [0.25, 0.3) is 0 Å². The first-order valence-electron chi connectivity index (χ1n) is 6.30. The van der Waals surface area contributed by atoms with Crippen LogP contribution < -0.4 is 9.47 Å². The standard InChI is InChI=1S/C16H15BrO4/c1-10-7-12(17)8-14(16(18)19)15(10)21-9-11-3-5-13(20-2)6-4-11/h3-8H,9H2,1-2H3,(H,18,19). The SMILES string of the molecule is COc1ccc(COc2c(C)cc(Br)cc2C(=O)O)cc1. The molecule has 4 nitrogen and oxygen atoms in total. The number of methoxy groups -OCH3 is 1. The van der Waals surface area contributed by atoms with Crippen molar-refractivity contribution in [2.75, 3.05) is 7.11 Å². The van der Waals surface area contributed by atoms with Crippen molar-refractivity contribution in [1.82, 2.24) is 0 Å². The molecule has 110 valence electrons. The lowest BCUT2D eigenvalue weighted by Gasteiger charge is -2.13. The van der Waals surface area contributed by atoms with Crippen LogP contribution in [-0.4, -0.2) is 18.2 Å². The van der Waals surface area contributed by atoms with Crippen LogP contribution in [0, 0.1) is 6.92 Å². The van der Waals surface area contributed by atoms with Crippen LogP contribution in [0.4, 0.5) is 0 Å². The zero-order valence-electron chi connectivity index (χ0n) is 11.7. The fourth-order valence-corrected chi connectivity index (χ4v) is 2.53. The van der Waals surface area contributed by atoms with Crippen molar-refractivity contribution < 1.29 is 19.4 Å². The van der Waals surface area contributed by atoms with Gasteiger partial charge in [0.25, 0.3) is 0 Å². The maximum absolute atomic E-state index is 11.3. The summed E-state index contributed by atoms with van der Waals surface area (Å²) in [5.74, 6) is 0.149. The lowest BCUT2D eigenvalue weighted by atomic mass is 10.1. The number of hydrogen-bond acceptors (Lipinski definition) is 3. The third-order valence-electron chi connectivity index (χ3n) is 3.01. The predicted octanol–water partition coefficient (Wildman–Crippen LogP) is 4.04. The second kappa shape index (κ2) is 6.63. The van der Waals surface area contributed by atoms with Gasteiger partial charge in [0.1, 0.15) is 23.7 Å². The number of aromatic carboxylic acids is 1. The molecule has 5 heteroatoms. The predicted molar refractivity (Wildman–Crippen MR) is 83.2 cm³/mol. The minimum atomic E-state index is -1.01. The zero-order chi connectivity index (χ0) is 15.4. The average Bonchev–Trinajstić information content (AvgIpc) is 2.46. The van der Waals surface area contributed by atoms with E-state index in [0.29, 0.717) is 16.8 Å². The number of carbonyl (C=O) groups is 1. The Bertz CT molecular complexity index is 650. The van der Waals surface area contributed by atoms with Gasteiger partial charge in [-0.15, -0.1) is 0 Å². The summed E-state index contributed by atoms with van der Waals surface area (Å²) < 4.78 is 11.5. The van der Waals surface area contributed by atoms with Gasteiger partial charge in [0.15, 0.2) is 0 Å². The molecule has 0 radical (unpaired) electrons. The molecule has 0 aliphatic heterocycles. The van der Waals surface area contributed by atoms with Gasteiger partial charge < -0.3 is 14.6 Å². The lowest BCUT2D eigenvalue weighted by molar-refractivity contribution is 0.0691. The van der Waals surface area contributed by atoms with Crippen molar-refractivity contribution >= 4 is 21.9 Å². The first kappa shape index (κ1) is 15.4. The highest BCUT2D eigenvalue weighted by molar-refractivity contribution is 9.10. The summed E-state index contributed by atoms with van der Waals surface area (Å²) in [6.07, 6.45) is 0. The molecule has 0 aliphatic carbocycles. The third kappa shape index (κ3) is 3.76. The number of ether oxygens (including phenoxy) is 2. The number of benzene rings is 2. The van der Waals surface area contributed by atoms with Crippen LogP contribution in [-0.2, 0) is 6.61 Å². The van der Waals surface area contributed by atoms with E-state index in [1.807, 2.05) is 37.3 Å². The normalized spacial score (nSPS) is 10.2. The zero-order valence-corrected chi connectivity index (χ0v) is 13.3. The van der Waals surface area contributed by atoms with E-state index in [9.17, 15) is 9.90 Å². The molecule has 0 amide bonds. The number of hydrogen-bond donors (Lipinski definition) is 1. The fourth-order valence-electron chi connectivity index (χ4n) is 1.96. The molecule has 0 unspecified atom stereocenters. The molecule has 2 aromatic carbocycles. The van der Waals surface area contributed by atoms with Gasteiger partial charge in [0.2, 0.25) is 0 Å². The Morgan fingerprint density at radius 1 is 1.24 bits per heavy atom. The monoisotopic (exact) mass is 350 g/mol. The van der Waals surface area contributed by atoms with Gasteiger partial charge in [0, 0.05) is 4.47 Å². The van der Waals surface area contributed by atoms with Crippen molar-refractivity contribution in [2.24, 2.45) is 0 Å². The quantitative estimate of drug-likeness (QED) is 0.883. The van der Waals surface area contributed by atoms with Crippen molar-refractivity contribution in [3.63, 3.8) is 0 Å². The highest BCUT2D eigenvalue weighted by Crippen LogP contribution is 2.29. The van der Waals surface area contributed by atoms with Gasteiger partial charge in [-0.2, -0.15) is 0 Å². The molecule has 21 heavy (non-hydrogen) atoms. The van der Waals surface area contributed by atoms with Crippen LogP contribution in [0.3, 0.4) is 0 Å². The summed E-state index contributed by atoms with van der Waals surface area (Å²) in [4.78, 5) is 11.3. The Morgan fingerprint density at radius 2 is 1.90 bits per heavy atom. The first-order valence-corrected chi connectivity index (χ1v) is 7.09. The molecule has 0 saturated carbocycles. The van der Waals surface area contributed by atoms with Crippen LogP contribution in [0.2, 0.25) is 0 Å². The number of carboxylic acid groups (broad SMARTS) is 1. The van der Waals surface area contributed by atoms with E-state index in [1.165, 1.54) is 0 Å². The molecule has 0 saturated heterocycles. The summed E-state index contributed by atoms with van der Waals surface area (Å²) >= 11 is 3.29. The maximum Gasteiger partial charge on any atom is 0.339 e. The molecule has 0 aliphatic rings. The van der Waals surface area contributed by atoms with Gasteiger partial charge >= 0.3 is 5.97 Å². The second-order valence-electron chi connectivity index (χ2n) is 4.54.